The van der Waals surface area contributed by atoms with Crippen molar-refractivity contribution in [3.05, 3.63) is 22.9 Å². The maximum Gasteiger partial charge on any atom is 0.252 e. The first-order chi connectivity index (χ1) is 9.72. The van der Waals surface area contributed by atoms with Gasteiger partial charge >= 0.3 is 0 Å². The third-order valence-electron chi connectivity index (χ3n) is 4.99. The number of primary amides is 1. The zero-order valence-electron chi connectivity index (χ0n) is 11.6. The van der Waals surface area contributed by atoms with E-state index in [1.165, 1.54) is 11.3 Å². The lowest BCUT2D eigenvalue weighted by atomic mass is 10.0. The molecule has 4 rings (SSSR count). The van der Waals surface area contributed by atoms with Gasteiger partial charge in [-0.1, -0.05) is 0 Å². The SMILES string of the molecule is NC(=O)c1cc2c(nc1N1CC3CNCC3C1)CCC2. The average molecular weight is 272 g/mol. The Bertz CT molecular complexity index is 559. The summed E-state index contributed by atoms with van der Waals surface area (Å²) in [5.41, 5.74) is 8.56. The molecule has 1 aromatic rings. The van der Waals surface area contributed by atoms with E-state index in [1.54, 1.807) is 0 Å². The molecule has 2 unspecified atom stereocenters. The summed E-state index contributed by atoms with van der Waals surface area (Å²) in [5, 5.41) is 3.44. The second kappa shape index (κ2) is 4.45. The third-order valence-corrected chi connectivity index (χ3v) is 4.99. The number of fused-ring (bicyclic) bond motifs is 2. The Labute approximate surface area is 118 Å². The molecule has 20 heavy (non-hydrogen) atoms. The minimum Gasteiger partial charge on any atom is -0.365 e. The van der Waals surface area contributed by atoms with Gasteiger partial charge in [0, 0.05) is 31.9 Å². The molecule has 5 nitrogen and oxygen atoms in total. The van der Waals surface area contributed by atoms with Gasteiger partial charge in [-0.15, -0.1) is 0 Å². The van der Waals surface area contributed by atoms with Crippen LogP contribution in [-0.4, -0.2) is 37.1 Å². The molecule has 106 valence electrons. The molecule has 0 spiro atoms. The van der Waals surface area contributed by atoms with Crippen LogP contribution in [0.4, 0.5) is 5.82 Å². The molecule has 1 aromatic heterocycles. The number of nitrogens with zero attached hydrogens (tertiary/aromatic N) is 2. The molecule has 0 saturated carbocycles. The second-order valence-corrected chi connectivity index (χ2v) is 6.27. The molecule has 2 atom stereocenters. The van der Waals surface area contributed by atoms with E-state index >= 15 is 0 Å². The molecule has 5 heteroatoms. The van der Waals surface area contributed by atoms with E-state index in [4.69, 9.17) is 10.7 Å². The van der Waals surface area contributed by atoms with Crippen molar-refractivity contribution < 1.29 is 4.79 Å². The Morgan fingerprint density at radius 2 is 2.05 bits per heavy atom. The van der Waals surface area contributed by atoms with Crippen molar-refractivity contribution in [3.63, 3.8) is 0 Å². The summed E-state index contributed by atoms with van der Waals surface area (Å²) in [6.45, 7) is 4.14. The van der Waals surface area contributed by atoms with Crippen molar-refractivity contribution in [2.45, 2.75) is 19.3 Å². The largest absolute Gasteiger partial charge is 0.365 e. The zero-order valence-corrected chi connectivity index (χ0v) is 11.6. The number of hydrogen-bond acceptors (Lipinski definition) is 4. The van der Waals surface area contributed by atoms with E-state index in [1.807, 2.05) is 6.07 Å². The number of nitrogens with two attached hydrogens (primary N) is 1. The molecule has 0 aromatic carbocycles. The Morgan fingerprint density at radius 1 is 1.30 bits per heavy atom. The number of carbonyl (C=O) groups excluding carboxylic acids is 1. The summed E-state index contributed by atoms with van der Waals surface area (Å²) in [4.78, 5) is 18.8. The average Bonchev–Trinajstić information content (AvgIpc) is 3.11. The van der Waals surface area contributed by atoms with Crippen molar-refractivity contribution in [2.75, 3.05) is 31.1 Å². The van der Waals surface area contributed by atoms with Gasteiger partial charge in [-0.05, 0) is 42.7 Å². The second-order valence-electron chi connectivity index (χ2n) is 6.27. The standard InChI is InChI=1S/C15H20N4O/c16-14(20)12-4-9-2-1-3-13(9)18-15(12)19-7-10-5-17-6-11(10)8-19/h4,10-11,17H,1-3,5-8H2,(H2,16,20). The molecular weight excluding hydrogens is 252 g/mol. The number of carbonyl (C=O) groups is 1. The molecule has 2 fully saturated rings. The maximum atomic E-state index is 11.8. The van der Waals surface area contributed by atoms with Gasteiger partial charge in [-0.2, -0.15) is 0 Å². The van der Waals surface area contributed by atoms with Gasteiger partial charge in [0.2, 0.25) is 0 Å². The molecule has 2 aliphatic heterocycles. The highest BCUT2D eigenvalue weighted by Crippen LogP contribution is 2.33. The first kappa shape index (κ1) is 12.1. The summed E-state index contributed by atoms with van der Waals surface area (Å²) in [6.07, 6.45) is 3.20. The van der Waals surface area contributed by atoms with E-state index in [9.17, 15) is 4.79 Å². The van der Waals surface area contributed by atoms with E-state index in [2.05, 4.69) is 10.2 Å². The van der Waals surface area contributed by atoms with Crippen molar-refractivity contribution in [1.82, 2.24) is 10.3 Å². The predicted octanol–water partition coefficient (Wildman–Crippen LogP) is 0.325. The van der Waals surface area contributed by atoms with Gasteiger partial charge in [-0.25, -0.2) is 4.98 Å². The number of pyridine rings is 1. The summed E-state index contributed by atoms with van der Waals surface area (Å²) in [6, 6.07) is 1.99. The monoisotopic (exact) mass is 272 g/mol. The fourth-order valence-electron chi connectivity index (χ4n) is 3.91. The molecule has 1 amide bonds. The zero-order chi connectivity index (χ0) is 13.7. The summed E-state index contributed by atoms with van der Waals surface area (Å²) in [5.74, 6) is 1.85. The minimum absolute atomic E-state index is 0.350. The van der Waals surface area contributed by atoms with Gasteiger partial charge in [0.05, 0.1) is 5.56 Å². The van der Waals surface area contributed by atoms with Crippen LogP contribution >= 0.6 is 0 Å². The highest BCUT2D eigenvalue weighted by atomic mass is 16.1. The number of nitrogens with one attached hydrogen (secondary N) is 1. The summed E-state index contributed by atoms with van der Waals surface area (Å²) in [7, 11) is 0. The van der Waals surface area contributed by atoms with Crippen LogP contribution in [0, 0.1) is 11.8 Å². The highest BCUT2D eigenvalue weighted by Gasteiger charge is 2.38. The van der Waals surface area contributed by atoms with E-state index in [0.29, 0.717) is 17.4 Å². The Hall–Kier alpha value is -1.62. The van der Waals surface area contributed by atoms with E-state index in [0.717, 1.165) is 51.3 Å². The van der Waals surface area contributed by atoms with Crippen LogP contribution in [0.3, 0.4) is 0 Å². The lowest BCUT2D eigenvalue weighted by Gasteiger charge is -2.22. The Morgan fingerprint density at radius 3 is 2.75 bits per heavy atom. The molecule has 0 bridgehead atoms. The van der Waals surface area contributed by atoms with Crippen LogP contribution in [0.15, 0.2) is 6.07 Å². The van der Waals surface area contributed by atoms with Gasteiger partial charge in [0.15, 0.2) is 0 Å². The van der Waals surface area contributed by atoms with Gasteiger partial charge in [0.1, 0.15) is 5.82 Å². The van der Waals surface area contributed by atoms with Gasteiger partial charge in [-0.3, -0.25) is 4.79 Å². The van der Waals surface area contributed by atoms with Gasteiger partial charge < -0.3 is 16.0 Å². The van der Waals surface area contributed by atoms with Crippen molar-refractivity contribution in [1.29, 1.82) is 0 Å². The van der Waals surface area contributed by atoms with Crippen LogP contribution in [0.25, 0.3) is 0 Å². The fraction of sp³-hybridized carbons (Fsp3) is 0.600. The number of hydrogen-bond donors (Lipinski definition) is 2. The quantitative estimate of drug-likeness (QED) is 0.813. The molecular formula is C15H20N4O. The van der Waals surface area contributed by atoms with Crippen molar-refractivity contribution >= 4 is 11.7 Å². The van der Waals surface area contributed by atoms with E-state index in [-0.39, 0.29) is 5.91 Å². The van der Waals surface area contributed by atoms with Crippen molar-refractivity contribution in [2.24, 2.45) is 17.6 Å². The normalized spacial score (nSPS) is 27.7. The van der Waals surface area contributed by atoms with Crippen LogP contribution in [0.2, 0.25) is 0 Å². The van der Waals surface area contributed by atoms with E-state index < -0.39 is 0 Å². The molecule has 3 aliphatic rings. The molecule has 2 saturated heterocycles. The minimum atomic E-state index is -0.350. The molecule has 3 N–H and O–H groups in total. The van der Waals surface area contributed by atoms with Crippen LogP contribution in [-0.2, 0) is 12.8 Å². The topological polar surface area (TPSA) is 71.2 Å². The highest BCUT2D eigenvalue weighted by molar-refractivity contribution is 5.98. The maximum absolute atomic E-state index is 11.8. The Balaban J connectivity index is 1.72. The van der Waals surface area contributed by atoms with Crippen LogP contribution < -0.4 is 16.0 Å². The molecule has 0 radical (unpaired) electrons. The summed E-state index contributed by atoms with van der Waals surface area (Å²) >= 11 is 0. The first-order valence-electron chi connectivity index (χ1n) is 7.50. The molecule has 1 aliphatic carbocycles. The number of aryl methyl sites for hydroxylation is 2. The van der Waals surface area contributed by atoms with Gasteiger partial charge in [0.25, 0.3) is 5.91 Å². The number of amides is 1. The molecule has 3 heterocycles. The number of anilines is 1. The Kier molecular flexibility index (Phi) is 2.70. The fourth-order valence-corrected chi connectivity index (χ4v) is 3.91. The number of rotatable bonds is 2. The summed E-state index contributed by atoms with van der Waals surface area (Å²) < 4.78 is 0. The third kappa shape index (κ3) is 1.80. The lowest BCUT2D eigenvalue weighted by molar-refractivity contribution is 0.100. The lowest BCUT2D eigenvalue weighted by Crippen LogP contribution is -2.29. The smallest absolute Gasteiger partial charge is 0.252 e. The predicted molar refractivity (Wildman–Crippen MR) is 76.8 cm³/mol. The van der Waals surface area contributed by atoms with Crippen LogP contribution in [0.1, 0.15) is 28.0 Å². The van der Waals surface area contributed by atoms with Crippen molar-refractivity contribution in [3.8, 4) is 0 Å². The first-order valence-corrected chi connectivity index (χ1v) is 7.50. The van der Waals surface area contributed by atoms with Crippen LogP contribution in [0.5, 0.6) is 0 Å². The number of aromatic nitrogens is 1.